The molecule has 0 aliphatic heterocycles. The van der Waals surface area contributed by atoms with Crippen LogP contribution >= 0.6 is 0 Å². The third-order valence-electron chi connectivity index (χ3n) is 0. The maximum atomic E-state index is 9.00. The molecule has 98 valence electrons. The molecule has 0 amide bonds. The molecule has 9 heteroatoms. The molecule has 0 spiro atoms. The summed E-state index contributed by atoms with van der Waals surface area (Å²) in [6, 6.07) is 0. The van der Waals surface area contributed by atoms with Crippen molar-refractivity contribution in [1.29, 1.82) is 0 Å². The van der Waals surface area contributed by atoms with Crippen LogP contribution in [-0.4, -0.2) is 44.3 Å². The van der Waals surface area contributed by atoms with Crippen molar-refractivity contribution in [2.45, 2.75) is 27.7 Å². The molecule has 0 rings (SSSR count). The van der Waals surface area contributed by atoms with Gasteiger partial charge in [0.25, 0.3) is 23.9 Å². The van der Waals surface area contributed by atoms with Gasteiger partial charge in [-0.3, -0.25) is 19.2 Å². The molecule has 0 saturated heterocycles. The van der Waals surface area contributed by atoms with Crippen LogP contribution in [0, 0.1) is 0 Å². The molecule has 0 unspecified atom stereocenters. The molecule has 0 fully saturated rings. The van der Waals surface area contributed by atoms with E-state index in [1.807, 2.05) is 0 Å². The summed E-state index contributed by atoms with van der Waals surface area (Å²) in [5.74, 6) is -3.33. The van der Waals surface area contributed by atoms with Crippen LogP contribution in [-0.2, 0) is 19.2 Å². The summed E-state index contributed by atoms with van der Waals surface area (Å²) < 4.78 is 0. The van der Waals surface area contributed by atoms with Gasteiger partial charge in [0.15, 0.2) is 0 Å². The van der Waals surface area contributed by atoms with E-state index in [0.29, 0.717) is 0 Å². The van der Waals surface area contributed by atoms with Crippen molar-refractivity contribution in [1.82, 2.24) is 0 Å². The molecule has 0 saturated carbocycles. The average molecular weight is 280 g/mol. The minimum atomic E-state index is -0.833. The predicted octanol–water partition coefficient (Wildman–Crippen LogP) is -2.52. The van der Waals surface area contributed by atoms with Crippen LogP contribution in [0.1, 0.15) is 29.1 Å². The van der Waals surface area contributed by atoms with E-state index < -0.39 is 23.9 Å². The van der Waals surface area contributed by atoms with Gasteiger partial charge < -0.3 is 21.9 Å². The number of carbonyl (C=O) groups is 4. The van der Waals surface area contributed by atoms with Crippen molar-refractivity contribution < 1.29 is 92.4 Å². The Labute approximate surface area is 143 Å². The van der Waals surface area contributed by atoms with Crippen LogP contribution in [0.15, 0.2) is 0 Å². The topological polar surface area (TPSA) is 149 Å². The van der Waals surface area contributed by atoms with Crippen LogP contribution in [0.4, 0.5) is 0 Å². The van der Waals surface area contributed by atoms with Gasteiger partial charge in [-0.1, -0.05) is 0 Å². The molecule has 4 N–H and O–H groups in total. The van der Waals surface area contributed by atoms with Crippen molar-refractivity contribution in [3.8, 4) is 0 Å². The zero-order valence-electron chi connectivity index (χ0n) is 11.4. The number of aliphatic carboxylic acids is 4. The molecular formula is C8H17KO8. The second-order valence-corrected chi connectivity index (χ2v) is 2.08. The van der Waals surface area contributed by atoms with E-state index >= 15 is 0 Å². The number of hydrogen-bond acceptors (Lipinski definition) is 4. The molecule has 0 radical (unpaired) electrons. The summed E-state index contributed by atoms with van der Waals surface area (Å²) in [4.78, 5) is 36.0. The van der Waals surface area contributed by atoms with Crippen molar-refractivity contribution >= 4 is 23.9 Å². The number of hydrogen-bond donors (Lipinski definition) is 4. The summed E-state index contributed by atoms with van der Waals surface area (Å²) in [6.45, 7) is 4.33. The summed E-state index contributed by atoms with van der Waals surface area (Å²) in [5, 5.41) is 29.7. The molecule has 0 aromatic rings. The maximum absolute atomic E-state index is 9.00. The monoisotopic (exact) mass is 280 g/mol. The Morgan fingerprint density at radius 1 is 0.588 bits per heavy atom. The fourth-order valence-corrected chi connectivity index (χ4v) is 0. The minimum absolute atomic E-state index is 0. The second kappa shape index (κ2) is 24.7. The van der Waals surface area contributed by atoms with Gasteiger partial charge in [0.05, 0.1) is 0 Å². The molecule has 0 atom stereocenters. The number of carboxylic acid groups (broad SMARTS) is 4. The molecule has 0 aromatic carbocycles. The summed E-state index contributed by atoms with van der Waals surface area (Å²) >= 11 is 0. The van der Waals surface area contributed by atoms with E-state index in [4.69, 9.17) is 39.6 Å². The van der Waals surface area contributed by atoms with Crippen LogP contribution in [0.2, 0.25) is 0 Å². The molecule has 8 nitrogen and oxygen atoms in total. The maximum Gasteiger partial charge on any atom is 1.00 e. The SMILES string of the molecule is CC(=O)O.CC(=O)O.CC(=O)O.CC(=O)O.[H-].[K+]. The van der Waals surface area contributed by atoms with E-state index in [2.05, 4.69) is 0 Å². The van der Waals surface area contributed by atoms with Crippen molar-refractivity contribution in [2.24, 2.45) is 0 Å². The average Bonchev–Trinajstić information content (AvgIpc) is 1.76. The van der Waals surface area contributed by atoms with E-state index in [-0.39, 0.29) is 52.8 Å². The van der Waals surface area contributed by atoms with E-state index in [9.17, 15) is 0 Å². The quantitative estimate of drug-likeness (QED) is 0.355. The summed E-state index contributed by atoms with van der Waals surface area (Å²) in [5.41, 5.74) is 0. The first-order valence-electron chi connectivity index (χ1n) is 3.71. The van der Waals surface area contributed by atoms with Gasteiger partial charge in [-0.25, -0.2) is 0 Å². The van der Waals surface area contributed by atoms with Crippen molar-refractivity contribution in [2.75, 3.05) is 0 Å². The number of carboxylic acids is 4. The van der Waals surface area contributed by atoms with Crippen molar-refractivity contribution in [3.05, 3.63) is 0 Å². The van der Waals surface area contributed by atoms with E-state index in [1.165, 1.54) is 0 Å². The van der Waals surface area contributed by atoms with Crippen LogP contribution in [0.5, 0.6) is 0 Å². The van der Waals surface area contributed by atoms with Gasteiger partial charge >= 0.3 is 51.4 Å². The van der Waals surface area contributed by atoms with E-state index in [0.717, 1.165) is 27.7 Å². The van der Waals surface area contributed by atoms with Gasteiger partial charge in [0.2, 0.25) is 0 Å². The fourth-order valence-electron chi connectivity index (χ4n) is 0. The van der Waals surface area contributed by atoms with Crippen LogP contribution in [0.3, 0.4) is 0 Å². The van der Waals surface area contributed by atoms with Gasteiger partial charge in [-0.15, -0.1) is 0 Å². The van der Waals surface area contributed by atoms with Crippen LogP contribution < -0.4 is 51.4 Å². The molecule has 0 heterocycles. The fraction of sp³-hybridized carbons (Fsp3) is 0.500. The second-order valence-electron chi connectivity index (χ2n) is 2.08. The third-order valence-corrected chi connectivity index (χ3v) is 0. The minimum Gasteiger partial charge on any atom is -1.00 e. The Morgan fingerprint density at radius 3 is 0.588 bits per heavy atom. The Hall–Kier alpha value is -0.484. The summed E-state index contributed by atoms with van der Waals surface area (Å²) in [7, 11) is 0. The Morgan fingerprint density at radius 2 is 0.588 bits per heavy atom. The van der Waals surface area contributed by atoms with Gasteiger partial charge in [-0.2, -0.15) is 0 Å². The zero-order chi connectivity index (χ0) is 14.3. The van der Waals surface area contributed by atoms with Gasteiger partial charge in [0, 0.05) is 27.7 Å². The molecular weight excluding hydrogens is 263 g/mol. The van der Waals surface area contributed by atoms with Crippen molar-refractivity contribution in [3.63, 3.8) is 0 Å². The summed E-state index contributed by atoms with van der Waals surface area (Å²) in [6.07, 6.45) is 0. The van der Waals surface area contributed by atoms with Gasteiger partial charge in [0.1, 0.15) is 0 Å². The zero-order valence-corrected chi connectivity index (χ0v) is 13.5. The smallest absolute Gasteiger partial charge is 1.00 e. The first kappa shape index (κ1) is 30.0. The van der Waals surface area contributed by atoms with Crippen LogP contribution in [0.25, 0.3) is 0 Å². The molecule has 0 aliphatic rings. The standard InChI is InChI=1S/4C2H4O2.K.H/c4*1-2(3)4;;/h4*1H3,(H,3,4);;/q;;;;+1;-1. The largest absolute Gasteiger partial charge is 1.00 e. The van der Waals surface area contributed by atoms with Gasteiger partial charge in [-0.05, 0) is 0 Å². The molecule has 17 heavy (non-hydrogen) atoms. The Kier molecular flexibility index (Phi) is 43.5. The third kappa shape index (κ3) is 12100. The van der Waals surface area contributed by atoms with E-state index in [1.54, 1.807) is 0 Å². The molecule has 0 aliphatic carbocycles. The molecule has 0 bridgehead atoms. The first-order valence-corrected chi connectivity index (χ1v) is 3.71. The first-order chi connectivity index (χ1) is 6.93. The number of rotatable bonds is 0. The molecule has 0 aromatic heterocycles. The Bertz CT molecular complexity index is 167. The predicted molar refractivity (Wildman–Crippen MR) is 54.4 cm³/mol. The Balaban J connectivity index is -0.0000000257. The normalized spacial score (nSPS) is 5.88.